The number of rotatable bonds is 3. The molecule has 28 heavy (non-hydrogen) atoms. The first-order chi connectivity index (χ1) is 13.7. The number of carbonyl (C=O) groups is 1. The van der Waals surface area contributed by atoms with Gasteiger partial charge >= 0.3 is 0 Å². The number of amides is 1. The molecule has 5 aromatic rings. The summed E-state index contributed by atoms with van der Waals surface area (Å²) < 4.78 is 0. The summed E-state index contributed by atoms with van der Waals surface area (Å²) in [6, 6.07) is 16.5. The third kappa shape index (κ3) is 2.87. The predicted octanol–water partition coefficient (Wildman–Crippen LogP) is 4.39. The highest BCUT2D eigenvalue weighted by molar-refractivity contribution is 7.09. The van der Waals surface area contributed by atoms with Crippen LogP contribution < -0.4 is 10.9 Å². The van der Waals surface area contributed by atoms with Gasteiger partial charge in [0.25, 0.3) is 11.5 Å². The van der Waals surface area contributed by atoms with Crippen molar-refractivity contribution in [3.8, 4) is 11.4 Å². The minimum Gasteiger partial charge on any atom is -0.353 e. The van der Waals surface area contributed by atoms with Crippen molar-refractivity contribution in [3.05, 3.63) is 81.3 Å². The van der Waals surface area contributed by atoms with E-state index in [1.807, 2.05) is 53.2 Å². The maximum absolute atomic E-state index is 12.5. The monoisotopic (exact) mass is 386 g/mol. The van der Waals surface area contributed by atoms with Gasteiger partial charge in [-0.3, -0.25) is 9.59 Å². The number of benzene rings is 2. The molecule has 3 N–H and O–H groups in total. The number of aromatic amines is 2. The summed E-state index contributed by atoms with van der Waals surface area (Å²) >= 11 is 1.49. The number of hydrogen-bond acceptors (Lipinski definition) is 4. The van der Waals surface area contributed by atoms with Crippen LogP contribution in [0.2, 0.25) is 0 Å². The molecular formula is C21H14N4O2S. The van der Waals surface area contributed by atoms with Gasteiger partial charge in [0, 0.05) is 32.9 Å². The number of fused-ring (bicyclic) bond motifs is 2. The molecule has 0 radical (unpaired) electrons. The van der Waals surface area contributed by atoms with E-state index in [0.29, 0.717) is 17.0 Å². The number of nitrogens with one attached hydrogen (secondary N) is 3. The molecule has 0 bridgehead atoms. The Morgan fingerprint density at radius 1 is 0.964 bits per heavy atom. The largest absolute Gasteiger partial charge is 0.353 e. The molecule has 2 aromatic carbocycles. The Kier molecular flexibility index (Phi) is 3.80. The van der Waals surface area contributed by atoms with E-state index in [-0.39, 0.29) is 11.5 Å². The molecule has 0 atom stereocenters. The van der Waals surface area contributed by atoms with Crippen molar-refractivity contribution in [3.63, 3.8) is 0 Å². The quantitative estimate of drug-likeness (QED) is 0.430. The van der Waals surface area contributed by atoms with Gasteiger partial charge in [-0.05, 0) is 30.3 Å². The lowest BCUT2D eigenvalue weighted by Gasteiger charge is -2.05. The third-order valence-corrected chi connectivity index (χ3v) is 5.24. The number of para-hydroxylation sites is 1. The molecular weight excluding hydrogens is 372 g/mol. The van der Waals surface area contributed by atoms with Crippen molar-refractivity contribution in [2.24, 2.45) is 0 Å². The van der Waals surface area contributed by atoms with E-state index in [0.717, 1.165) is 27.6 Å². The first-order valence-electron chi connectivity index (χ1n) is 8.63. The summed E-state index contributed by atoms with van der Waals surface area (Å²) in [7, 11) is 0. The van der Waals surface area contributed by atoms with Gasteiger partial charge in [0.05, 0.1) is 16.7 Å². The maximum atomic E-state index is 12.5. The second kappa shape index (κ2) is 6.47. The molecule has 3 heterocycles. The van der Waals surface area contributed by atoms with E-state index in [1.54, 1.807) is 12.1 Å². The van der Waals surface area contributed by atoms with Crippen LogP contribution in [-0.2, 0) is 0 Å². The second-order valence-electron chi connectivity index (χ2n) is 6.39. The van der Waals surface area contributed by atoms with Crippen LogP contribution in [0.4, 0.5) is 5.69 Å². The first-order valence-corrected chi connectivity index (χ1v) is 9.57. The highest BCUT2D eigenvalue weighted by Gasteiger charge is 2.13. The molecule has 0 saturated heterocycles. The van der Waals surface area contributed by atoms with Crippen LogP contribution in [0.15, 0.2) is 70.2 Å². The SMILES string of the molecule is O=C(Nc1ccccc1)c1ccc2cc(-c3nc4cscc4[nH]c3=O)[nH]c2c1. The van der Waals surface area contributed by atoms with Gasteiger partial charge in [-0.25, -0.2) is 4.98 Å². The Bertz CT molecular complexity index is 1380. The average molecular weight is 386 g/mol. The summed E-state index contributed by atoms with van der Waals surface area (Å²) in [6.45, 7) is 0. The number of nitrogens with zero attached hydrogens (tertiary/aromatic N) is 1. The molecule has 0 aliphatic rings. The first kappa shape index (κ1) is 16.5. The normalized spacial score (nSPS) is 11.1. The molecule has 0 spiro atoms. The summed E-state index contributed by atoms with van der Waals surface area (Å²) in [5.41, 5.74) is 4.21. The molecule has 5 rings (SSSR count). The summed E-state index contributed by atoms with van der Waals surface area (Å²) in [5.74, 6) is -0.195. The van der Waals surface area contributed by atoms with E-state index in [2.05, 4.69) is 20.3 Å². The number of hydrogen-bond donors (Lipinski definition) is 3. The zero-order valence-corrected chi connectivity index (χ0v) is 15.3. The molecule has 0 fully saturated rings. The summed E-state index contributed by atoms with van der Waals surface area (Å²) in [5, 5.41) is 7.52. The summed E-state index contributed by atoms with van der Waals surface area (Å²) in [6.07, 6.45) is 0. The molecule has 0 saturated carbocycles. The Hall–Kier alpha value is -3.71. The van der Waals surface area contributed by atoms with Gasteiger partial charge in [-0.15, -0.1) is 11.3 Å². The smallest absolute Gasteiger partial charge is 0.276 e. The fraction of sp³-hybridized carbons (Fsp3) is 0. The Morgan fingerprint density at radius 2 is 1.82 bits per heavy atom. The molecule has 1 amide bonds. The fourth-order valence-electron chi connectivity index (χ4n) is 3.13. The number of carbonyl (C=O) groups excluding carboxylic acids is 1. The van der Waals surface area contributed by atoms with E-state index in [1.165, 1.54) is 11.3 Å². The predicted molar refractivity (Wildman–Crippen MR) is 112 cm³/mol. The van der Waals surface area contributed by atoms with Gasteiger partial charge in [0.15, 0.2) is 5.69 Å². The summed E-state index contributed by atoms with van der Waals surface area (Å²) in [4.78, 5) is 35.4. The van der Waals surface area contributed by atoms with Crippen molar-refractivity contribution < 1.29 is 4.79 Å². The van der Waals surface area contributed by atoms with Crippen LogP contribution in [0.1, 0.15) is 10.4 Å². The highest BCUT2D eigenvalue weighted by atomic mass is 32.1. The zero-order chi connectivity index (χ0) is 19.1. The minimum absolute atomic E-state index is 0.195. The molecule has 0 aliphatic heterocycles. The lowest BCUT2D eigenvalue weighted by molar-refractivity contribution is 0.102. The van der Waals surface area contributed by atoms with Crippen LogP contribution in [0.5, 0.6) is 0 Å². The second-order valence-corrected chi connectivity index (χ2v) is 7.13. The minimum atomic E-state index is -0.250. The van der Waals surface area contributed by atoms with E-state index >= 15 is 0 Å². The molecule has 3 aromatic heterocycles. The van der Waals surface area contributed by atoms with Gasteiger partial charge in [-0.2, -0.15) is 0 Å². The number of aromatic nitrogens is 3. The van der Waals surface area contributed by atoms with Crippen LogP contribution >= 0.6 is 11.3 Å². The number of thiophene rings is 1. The van der Waals surface area contributed by atoms with Gasteiger partial charge in [0.2, 0.25) is 0 Å². The number of H-pyrrole nitrogens is 2. The standard InChI is InChI=1S/C21H14N4O2S/c26-20(22-14-4-2-1-3-5-14)13-7-6-12-8-16(23-15(12)9-13)19-21(27)25-18-11-28-10-17(18)24-19/h1-11,23H,(H,22,26)(H,25,27). The van der Waals surface area contributed by atoms with Crippen molar-refractivity contribution in [2.45, 2.75) is 0 Å². The molecule has 7 heteroatoms. The van der Waals surface area contributed by atoms with Crippen molar-refractivity contribution in [1.29, 1.82) is 0 Å². The molecule has 0 unspecified atom stereocenters. The third-order valence-electron chi connectivity index (χ3n) is 4.51. The van der Waals surface area contributed by atoms with E-state index in [9.17, 15) is 9.59 Å². The van der Waals surface area contributed by atoms with Gasteiger partial charge in [-0.1, -0.05) is 24.3 Å². The lowest BCUT2D eigenvalue weighted by atomic mass is 10.1. The molecule has 6 nitrogen and oxygen atoms in total. The van der Waals surface area contributed by atoms with Crippen LogP contribution in [-0.4, -0.2) is 20.9 Å². The van der Waals surface area contributed by atoms with E-state index in [4.69, 9.17) is 0 Å². The zero-order valence-electron chi connectivity index (χ0n) is 14.5. The lowest BCUT2D eigenvalue weighted by Crippen LogP contribution is -2.11. The van der Waals surface area contributed by atoms with Gasteiger partial charge < -0.3 is 15.3 Å². The Labute approximate surface area is 162 Å². The number of anilines is 1. The van der Waals surface area contributed by atoms with Crippen molar-refractivity contribution in [1.82, 2.24) is 15.0 Å². The maximum Gasteiger partial charge on any atom is 0.276 e. The molecule has 136 valence electrons. The Balaban J connectivity index is 1.52. The van der Waals surface area contributed by atoms with Gasteiger partial charge in [0.1, 0.15) is 0 Å². The molecule has 0 aliphatic carbocycles. The Morgan fingerprint density at radius 3 is 2.68 bits per heavy atom. The fourth-order valence-corrected chi connectivity index (χ4v) is 3.82. The van der Waals surface area contributed by atoms with Crippen LogP contribution in [0, 0.1) is 0 Å². The van der Waals surface area contributed by atoms with Crippen molar-refractivity contribution in [2.75, 3.05) is 5.32 Å². The van der Waals surface area contributed by atoms with Crippen molar-refractivity contribution >= 4 is 44.9 Å². The topological polar surface area (TPSA) is 90.6 Å². The average Bonchev–Trinajstić information content (AvgIpc) is 3.33. The van der Waals surface area contributed by atoms with E-state index < -0.39 is 0 Å². The highest BCUT2D eigenvalue weighted by Crippen LogP contribution is 2.24. The van der Waals surface area contributed by atoms with Crippen LogP contribution in [0.25, 0.3) is 33.3 Å². The van der Waals surface area contributed by atoms with Crippen LogP contribution in [0.3, 0.4) is 0 Å².